The Balaban J connectivity index is 4.42. The van der Waals surface area contributed by atoms with Gasteiger partial charge < -0.3 is 14.2 Å². The lowest BCUT2D eigenvalue weighted by atomic mass is 10.0. The van der Waals surface area contributed by atoms with Crippen LogP contribution in [0.3, 0.4) is 0 Å². The van der Waals surface area contributed by atoms with Gasteiger partial charge in [0.1, 0.15) is 13.2 Å². The number of unbranched alkanes of at least 4 members (excludes halogenated alkanes) is 30. The van der Waals surface area contributed by atoms with Crippen molar-refractivity contribution in [2.45, 2.75) is 284 Å². The van der Waals surface area contributed by atoms with Crippen molar-refractivity contribution in [3.05, 3.63) is 72.9 Å². The smallest absolute Gasteiger partial charge is 0.306 e. The Labute approximate surface area is 414 Å². The standard InChI is InChI=1S/C61H106O6/c1-4-7-10-13-16-19-22-25-27-29-30-32-33-36-39-42-45-48-51-54-60(63)66-57-58(56-65-59(62)53-50-47-44-41-38-35-24-21-18-15-12-9-6-3)67-61(64)55-52-49-46-43-40-37-34-31-28-26-23-20-17-14-11-8-5-2/h9,12,15,18,21,24,26,28,34,37,43,46,58H,4-8,10-11,13-14,16-17,19-20,22-23,25,27,29-33,35-36,38-42,44-45,47-57H2,1-3H3/b12-9-,18-15-,24-21-,28-26-,37-34-,46-43-. The first-order valence-corrected chi connectivity index (χ1v) is 28.5. The second-order valence-corrected chi connectivity index (χ2v) is 18.9. The molecule has 0 aliphatic rings. The summed E-state index contributed by atoms with van der Waals surface area (Å²) in [6, 6.07) is 0. The van der Waals surface area contributed by atoms with Crippen LogP contribution < -0.4 is 0 Å². The van der Waals surface area contributed by atoms with Gasteiger partial charge in [-0.3, -0.25) is 14.4 Å². The minimum absolute atomic E-state index is 0.100. The summed E-state index contributed by atoms with van der Waals surface area (Å²) in [6.45, 7) is 6.46. The van der Waals surface area contributed by atoms with Crippen molar-refractivity contribution in [3.8, 4) is 0 Å². The number of hydrogen-bond acceptors (Lipinski definition) is 6. The van der Waals surface area contributed by atoms with Crippen LogP contribution >= 0.6 is 0 Å². The molecule has 0 saturated heterocycles. The van der Waals surface area contributed by atoms with Crippen molar-refractivity contribution in [1.82, 2.24) is 0 Å². The van der Waals surface area contributed by atoms with Crippen LogP contribution in [0.15, 0.2) is 72.9 Å². The van der Waals surface area contributed by atoms with Crippen molar-refractivity contribution < 1.29 is 28.6 Å². The molecule has 0 aliphatic carbocycles. The summed E-state index contributed by atoms with van der Waals surface area (Å²) in [6.07, 6.45) is 70.5. The first-order valence-electron chi connectivity index (χ1n) is 28.5. The van der Waals surface area contributed by atoms with Crippen LogP contribution in [-0.2, 0) is 28.6 Å². The third-order valence-corrected chi connectivity index (χ3v) is 12.3. The van der Waals surface area contributed by atoms with Gasteiger partial charge in [-0.2, -0.15) is 0 Å². The van der Waals surface area contributed by atoms with Gasteiger partial charge >= 0.3 is 17.9 Å². The average Bonchev–Trinajstić information content (AvgIpc) is 3.33. The fourth-order valence-corrected chi connectivity index (χ4v) is 7.99. The van der Waals surface area contributed by atoms with E-state index in [1.165, 1.54) is 148 Å². The molecule has 0 fully saturated rings. The fourth-order valence-electron chi connectivity index (χ4n) is 7.99. The summed E-state index contributed by atoms with van der Waals surface area (Å²) in [7, 11) is 0. The molecule has 0 heterocycles. The lowest BCUT2D eigenvalue weighted by Crippen LogP contribution is -2.30. The molecule has 0 rings (SSSR count). The first-order chi connectivity index (χ1) is 33.0. The predicted octanol–water partition coefficient (Wildman–Crippen LogP) is 19.0. The number of rotatable bonds is 51. The minimum Gasteiger partial charge on any atom is -0.462 e. The summed E-state index contributed by atoms with van der Waals surface area (Å²) < 4.78 is 16.8. The van der Waals surface area contributed by atoms with E-state index in [1.807, 2.05) is 0 Å². The number of carbonyl (C=O) groups is 3. The Morgan fingerprint density at radius 2 is 0.657 bits per heavy atom. The van der Waals surface area contributed by atoms with E-state index in [4.69, 9.17) is 14.2 Å². The largest absolute Gasteiger partial charge is 0.462 e. The molecule has 0 aromatic carbocycles. The molecule has 0 aliphatic heterocycles. The molecule has 0 N–H and O–H groups in total. The van der Waals surface area contributed by atoms with Crippen LogP contribution in [0.1, 0.15) is 278 Å². The van der Waals surface area contributed by atoms with Gasteiger partial charge in [-0.25, -0.2) is 0 Å². The van der Waals surface area contributed by atoms with E-state index < -0.39 is 6.10 Å². The molecule has 0 spiro atoms. The summed E-state index contributed by atoms with van der Waals surface area (Å²) in [4.78, 5) is 38.1. The van der Waals surface area contributed by atoms with Crippen LogP contribution in [0, 0.1) is 0 Å². The summed E-state index contributed by atoms with van der Waals surface area (Å²) in [5, 5.41) is 0. The summed E-state index contributed by atoms with van der Waals surface area (Å²) >= 11 is 0. The number of ether oxygens (including phenoxy) is 3. The SMILES string of the molecule is CC\C=C/C=C\C=C/CCCCCCCC(=O)OCC(COC(=O)CCCCCCCCCCCCCCCCCCCCC)OC(=O)CCC/C=C\C/C=C\C/C=C\CCCCCCCC. The Bertz CT molecular complexity index is 1260. The third-order valence-electron chi connectivity index (χ3n) is 12.3. The number of allylic oxidation sites excluding steroid dienone is 12. The van der Waals surface area contributed by atoms with Crippen molar-refractivity contribution in [1.29, 1.82) is 0 Å². The van der Waals surface area contributed by atoms with Crippen LogP contribution in [0.4, 0.5) is 0 Å². The van der Waals surface area contributed by atoms with E-state index in [0.29, 0.717) is 19.3 Å². The molecule has 0 radical (unpaired) electrons. The zero-order chi connectivity index (χ0) is 48.6. The first kappa shape index (κ1) is 63.8. The van der Waals surface area contributed by atoms with Gasteiger partial charge in [0.25, 0.3) is 0 Å². The second-order valence-electron chi connectivity index (χ2n) is 18.9. The lowest BCUT2D eigenvalue weighted by molar-refractivity contribution is -0.167. The third kappa shape index (κ3) is 53.7. The Hall–Kier alpha value is -3.15. The molecule has 0 aromatic rings. The van der Waals surface area contributed by atoms with Crippen molar-refractivity contribution in [2.24, 2.45) is 0 Å². The highest BCUT2D eigenvalue weighted by Gasteiger charge is 2.19. The molecule has 6 heteroatoms. The monoisotopic (exact) mass is 935 g/mol. The van der Waals surface area contributed by atoms with Gasteiger partial charge in [-0.15, -0.1) is 0 Å². The van der Waals surface area contributed by atoms with Gasteiger partial charge in [0, 0.05) is 19.3 Å². The molecule has 0 amide bonds. The van der Waals surface area contributed by atoms with E-state index in [-0.39, 0.29) is 37.5 Å². The van der Waals surface area contributed by atoms with E-state index in [9.17, 15) is 14.4 Å². The normalized spacial score (nSPS) is 12.6. The zero-order valence-corrected chi connectivity index (χ0v) is 44.2. The highest BCUT2D eigenvalue weighted by atomic mass is 16.6. The Kier molecular flexibility index (Phi) is 52.8. The average molecular weight is 936 g/mol. The topological polar surface area (TPSA) is 78.9 Å². The van der Waals surface area contributed by atoms with E-state index in [1.54, 1.807) is 0 Å². The van der Waals surface area contributed by atoms with Gasteiger partial charge in [0.15, 0.2) is 6.10 Å². The van der Waals surface area contributed by atoms with Gasteiger partial charge in [-0.05, 0) is 70.6 Å². The summed E-state index contributed by atoms with van der Waals surface area (Å²) in [5.74, 6) is -0.966. The van der Waals surface area contributed by atoms with E-state index in [2.05, 4.69) is 93.7 Å². The van der Waals surface area contributed by atoms with Crippen LogP contribution in [0.25, 0.3) is 0 Å². The molecule has 1 atom stereocenters. The molecule has 0 saturated carbocycles. The highest BCUT2D eigenvalue weighted by molar-refractivity contribution is 5.71. The maximum atomic E-state index is 12.8. The molecular weight excluding hydrogens is 829 g/mol. The van der Waals surface area contributed by atoms with E-state index in [0.717, 1.165) is 83.5 Å². The number of esters is 3. The van der Waals surface area contributed by atoms with Crippen LogP contribution in [0.5, 0.6) is 0 Å². The molecule has 1 unspecified atom stereocenters. The molecule has 6 nitrogen and oxygen atoms in total. The van der Waals surface area contributed by atoms with Crippen molar-refractivity contribution >= 4 is 17.9 Å². The van der Waals surface area contributed by atoms with Crippen LogP contribution in [-0.4, -0.2) is 37.2 Å². The van der Waals surface area contributed by atoms with E-state index >= 15 is 0 Å². The Morgan fingerprint density at radius 3 is 1.07 bits per heavy atom. The zero-order valence-electron chi connectivity index (χ0n) is 44.2. The second kappa shape index (κ2) is 55.4. The van der Waals surface area contributed by atoms with Gasteiger partial charge in [-0.1, -0.05) is 261 Å². The van der Waals surface area contributed by atoms with Crippen molar-refractivity contribution in [2.75, 3.05) is 13.2 Å². The minimum atomic E-state index is -0.809. The number of hydrogen-bond donors (Lipinski definition) is 0. The quantitative estimate of drug-likeness (QED) is 0.0199. The molecular formula is C61H106O6. The van der Waals surface area contributed by atoms with Gasteiger partial charge in [0.05, 0.1) is 0 Å². The maximum Gasteiger partial charge on any atom is 0.306 e. The Morgan fingerprint density at radius 1 is 0.328 bits per heavy atom. The molecule has 67 heavy (non-hydrogen) atoms. The van der Waals surface area contributed by atoms with Crippen LogP contribution in [0.2, 0.25) is 0 Å². The van der Waals surface area contributed by atoms with Gasteiger partial charge in [0.2, 0.25) is 0 Å². The predicted molar refractivity (Wildman–Crippen MR) is 288 cm³/mol. The number of carbonyl (C=O) groups excluding carboxylic acids is 3. The van der Waals surface area contributed by atoms with Crippen molar-refractivity contribution in [3.63, 3.8) is 0 Å². The molecule has 0 aromatic heterocycles. The maximum absolute atomic E-state index is 12.8. The molecule has 386 valence electrons. The summed E-state index contributed by atoms with van der Waals surface area (Å²) in [5.41, 5.74) is 0. The molecule has 0 bridgehead atoms. The lowest BCUT2D eigenvalue weighted by Gasteiger charge is -2.18. The fraction of sp³-hybridized carbons (Fsp3) is 0.754. The highest BCUT2D eigenvalue weighted by Crippen LogP contribution is 2.16.